The zero-order valence-electron chi connectivity index (χ0n) is 12.1. The van der Waals surface area contributed by atoms with Crippen molar-refractivity contribution >= 4 is 11.5 Å². The summed E-state index contributed by atoms with van der Waals surface area (Å²) < 4.78 is 32.7. The Morgan fingerprint density at radius 2 is 1.80 bits per heavy atom. The summed E-state index contributed by atoms with van der Waals surface area (Å²) in [6, 6.07) is 2.05. The van der Waals surface area contributed by atoms with Crippen LogP contribution in [0.1, 0.15) is 55.5 Å². The molecule has 4 heteroatoms. The molecule has 110 valence electrons. The monoisotopic (exact) mass is 282 g/mol. The van der Waals surface area contributed by atoms with Crippen molar-refractivity contribution in [1.82, 2.24) is 0 Å². The van der Waals surface area contributed by atoms with E-state index in [9.17, 15) is 13.6 Å². The highest BCUT2D eigenvalue weighted by Gasteiger charge is 2.18. The Balaban J connectivity index is 3.26. The van der Waals surface area contributed by atoms with Crippen LogP contribution < -0.4 is 0 Å². The van der Waals surface area contributed by atoms with Crippen molar-refractivity contribution in [1.29, 1.82) is 0 Å². The molecule has 0 unspecified atom stereocenters. The molecular weight excluding hydrogens is 262 g/mol. The van der Waals surface area contributed by atoms with Crippen molar-refractivity contribution in [2.45, 2.75) is 39.5 Å². The lowest BCUT2D eigenvalue weighted by Crippen LogP contribution is -2.05. The smallest absolute Gasteiger partial charge is 0.338 e. The van der Waals surface area contributed by atoms with E-state index in [1.165, 1.54) is 7.11 Å². The van der Waals surface area contributed by atoms with Gasteiger partial charge in [-0.3, -0.25) is 0 Å². The van der Waals surface area contributed by atoms with Crippen LogP contribution >= 0.6 is 0 Å². The number of hydrogen-bond acceptors (Lipinski definition) is 2. The number of unbranched alkanes of at least 4 members (excludes halogenated alkanes) is 1. The zero-order chi connectivity index (χ0) is 15.1. The van der Waals surface area contributed by atoms with E-state index in [1.54, 1.807) is 0 Å². The molecule has 0 radical (unpaired) electrons. The Bertz CT molecular complexity index is 484. The van der Waals surface area contributed by atoms with E-state index in [1.807, 2.05) is 19.9 Å². The first kappa shape index (κ1) is 16.3. The minimum atomic E-state index is -0.746. The van der Waals surface area contributed by atoms with Crippen LogP contribution in [0.5, 0.6) is 0 Å². The number of ether oxygens (including phenoxy) is 1. The second kappa shape index (κ2) is 7.78. The van der Waals surface area contributed by atoms with Crippen LogP contribution in [-0.4, -0.2) is 13.1 Å². The quantitative estimate of drug-likeness (QED) is 0.705. The number of allylic oxidation sites excluding steroid dienone is 2. The molecule has 0 spiro atoms. The molecule has 0 amide bonds. The first-order valence-electron chi connectivity index (χ1n) is 6.81. The fraction of sp³-hybridized carbons (Fsp3) is 0.438. The molecule has 0 N–H and O–H groups in total. The predicted octanol–water partition coefficient (Wildman–Crippen LogP) is 4.74. The van der Waals surface area contributed by atoms with Gasteiger partial charge in [-0.15, -0.1) is 0 Å². The highest BCUT2D eigenvalue weighted by molar-refractivity contribution is 5.90. The Kier molecular flexibility index (Phi) is 6.36. The van der Waals surface area contributed by atoms with Crippen molar-refractivity contribution in [3.05, 3.63) is 41.0 Å². The molecule has 0 aliphatic rings. The lowest BCUT2D eigenvalue weighted by Gasteiger charge is -2.11. The molecule has 0 aliphatic heterocycles. The van der Waals surface area contributed by atoms with E-state index < -0.39 is 17.6 Å². The fourth-order valence-corrected chi connectivity index (χ4v) is 2.03. The third kappa shape index (κ3) is 3.89. The molecular formula is C16H20F2O2. The Morgan fingerprint density at radius 1 is 1.20 bits per heavy atom. The molecule has 0 aliphatic carbocycles. The number of methoxy groups -OCH3 is 1. The van der Waals surface area contributed by atoms with Gasteiger partial charge >= 0.3 is 5.97 Å². The van der Waals surface area contributed by atoms with Crippen LogP contribution in [0, 0.1) is 11.6 Å². The molecule has 0 aromatic heterocycles. The van der Waals surface area contributed by atoms with Crippen molar-refractivity contribution in [2.75, 3.05) is 7.11 Å². The largest absolute Gasteiger partial charge is 0.465 e. The van der Waals surface area contributed by atoms with Gasteiger partial charge in [-0.05, 0) is 30.5 Å². The van der Waals surface area contributed by atoms with Gasteiger partial charge in [-0.2, -0.15) is 0 Å². The third-order valence-electron chi connectivity index (χ3n) is 2.98. The summed E-state index contributed by atoms with van der Waals surface area (Å²) in [6.45, 7) is 3.96. The van der Waals surface area contributed by atoms with Crippen LogP contribution in [0.15, 0.2) is 18.2 Å². The first-order valence-corrected chi connectivity index (χ1v) is 6.81. The molecule has 1 rings (SSSR count). The topological polar surface area (TPSA) is 26.3 Å². The number of carbonyl (C=O) groups is 1. The SMILES string of the molecule is CCC/C=C(\CCC)c1c(F)cc(C(=O)OC)cc1F. The molecule has 2 nitrogen and oxygen atoms in total. The van der Waals surface area contributed by atoms with E-state index in [0.29, 0.717) is 12.0 Å². The number of carbonyl (C=O) groups excluding carboxylic acids is 1. The highest BCUT2D eigenvalue weighted by atomic mass is 19.1. The maximum atomic E-state index is 14.1. The number of esters is 1. The highest BCUT2D eigenvalue weighted by Crippen LogP contribution is 2.27. The second-order valence-corrected chi connectivity index (χ2v) is 4.57. The molecule has 0 bridgehead atoms. The van der Waals surface area contributed by atoms with Gasteiger partial charge in [0.05, 0.1) is 12.7 Å². The van der Waals surface area contributed by atoms with Gasteiger partial charge in [0, 0.05) is 5.56 Å². The first-order chi connectivity index (χ1) is 9.54. The summed E-state index contributed by atoms with van der Waals surface area (Å²) in [6.07, 6.45) is 4.95. The lowest BCUT2D eigenvalue weighted by atomic mass is 9.97. The third-order valence-corrected chi connectivity index (χ3v) is 2.98. The van der Waals surface area contributed by atoms with Gasteiger partial charge in [-0.25, -0.2) is 13.6 Å². The summed E-state index contributed by atoms with van der Waals surface area (Å²) in [5.41, 5.74) is 0.506. The number of hydrogen-bond donors (Lipinski definition) is 0. The Hall–Kier alpha value is -1.71. The van der Waals surface area contributed by atoms with Crippen molar-refractivity contribution in [2.24, 2.45) is 0 Å². The summed E-state index contributed by atoms with van der Waals surface area (Å²) in [7, 11) is 1.18. The van der Waals surface area contributed by atoms with Gasteiger partial charge in [-0.1, -0.05) is 32.8 Å². The van der Waals surface area contributed by atoms with Gasteiger partial charge in [0.1, 0.15) is 11.6 Å². The average Bonchev–Trinajstić information content (AvgIpc) is 2.42. The minimum Gasteiger partial charge on any atom is -0.465 e. The molecule has 0 atom stereocenters. The van der Waals surface area contributed by atoms with Crippen molar-refractivity contribution < 1.29 is 18.3 Å². The fourth-order valence-electron chi connectivity index (χ4n) is 2.03. The van der Waals surface area contributed by atoms with Gasteiger partial charge in [0.15, 0.2) is 0 Å². The molecule has 0 saturated heterocycles. The zero-order valence-corrected chi connectivity index (χ0v) is 12.1. The van der Waals surface area contributed by atoms with E-state index in [4.69, 9.17) is 0 Å². The second-order valence-electron chi connectivity index (χ2n) is 4.57. The summed E-state index contributed by atoms with van der Waals surface area (Å²) >= 11 is 0. The summed E-state index contributed by atoms with van der Waals surface area (Å²) in [5.74, 6) is -2.19. The van der Waals surface area contributed by atoms with E-state index >= 15 is 0 Å². The van der Waals surface area contributed by atoms with Crippen LogP contribution in [0.2, 0.25) is 0 Å². The maximum Gasteiger partial charge on any atom is 0.338 e. The van der Waals surface area contributed by atoms with E-state index in [2.05, 4.69) is 4.74 Å². The molecule has 0 fully saturated rings. The molecule has 1 aromatic rings. The normalized spacial score (nSPS) is 11.6. The van der Waals surface area contributed by atoms with E-state index in [-0.39, 0.29) is 11.1 Å². The molecule has 0 heterocycles. The van der Waals surface area contributed by atoms with Crippen molar-refractivity contribution in [3.63, 3.8) is 0 Å². The van der Waals surface area contributed by atoms with Gasteiger partial charge < -0.3 is 4.74 Å². The van der Waals surface area contributed by atoms with Crippen LogP contribution in [-0.2, 0) is 4.74 Å². The summed E-state index contributed by atoms with van der Waals surface area (Å²) in [4.78, 5) is 11.3. The summed E-state index contributed by atoms with van der Waals surface area (Å²) in [5, 5.41) is 0. The molecule has 0 saturated carbocycles. The lowest BCUT2D eigenvalue weighted by molar-refractivity contribution is 0.0599. The van der Waals surface area contributed by atoms with Crippen LogP contribution in [0.3, 0.4) is 0 Å². The number of halogens is 2. The maximum absolute atomic E-state index is 14.1. The van der Waals surface area contributed by atoms with E-state index in [0.717, 1.165) is 31.4 Å². The number of rotatable bonds is 6. The Morgan fingerprint density at radius 3 is 2.25 bits per heavy atom. The van der Waals surface area contributed by atoms with Crippen LogP contribution in [0.4, 0.5) is 8.78 Å². The van der Waals surface area contributed by atoms with Crippen LogP contribution in [0.25, 0.3) is 5.57 Å². The average molecular weight is 282 g/mol. The molecule has 20 heavy (non-hydrogen) atoms. The van der Waals surface area contributed by atoms with Gasteiger partial charge in [0.2, 0.25) is 0 Å². The van der Waals surface area contributed by atoms with Crippen molar-refractivity contribution in [3.8, 4) is 0 Å². The Labute approximate surface area is 118 Å². The standard InChI is InChI=1S/C16H20F2O2/c1-4-6-8-11(7-5-2)15-13(17)9-12(10-14(15)18)16(19)20-3/h8-10H,4-7H2,1-3H3/b11-8+. The minimum absolute atomic E-state index is 0.0343. The molecule has 1 aromatic carbocycles. The number of benzene rings is 1. The predicted molar refractivity (Wildman–Crippen MR) is 75.5 cm³/mol. The van der Waals surface area contributed by atoms with Gasteiger partial charge in [0.25, 0.3) is 0 Å².